The number of rotatable bonds is 1. The molecule has 0 aromatic carbocycles. The number of hydrogen-bond acceptors (Lipinski definition) is 5. The predicted molar refractivity (Wildman–Crippen MR) is 52.2 cm³/mol. The van der Waals surface area contributed by atoms with Crippen molar-refractivity contribution in [2.75, 3.05) is 5.73 Å². The Labute approximate surface area is 82.2 Å². The molecule has 1 heterocycles. The van der Waals surface area contributed by atoms with E-state index in [-0.39, 0.29) is 5.95 Å². The van der Waals surface area contributed by atoms with E-state index in [9.17, 15) is 5.11 Å². The maximum absolute atomic E-state index is 9.79. The zero-order valence-corrected chi connectivity index (χ0v) is 7.90. The van der Waals surface area contributed by atoms with Crippen LogP contribution in [0.15, 0.2) is 0 Å². The van der Waals surface area contributed by atoms with E-state index < -0.39 is 6.10 Å². The Kier molecular flexibility index (Phi) is 2.35. The number of nitrogens with zero attached hydrogens (tertiary/aromatic N) is 2. The van der Waals surface area contributed by atoms with Gasteiger partial charge in [0.1, 0.15) is 0 Å². The molecule has 5 heteroatoms. The molecule has 1 aliphatic rings. The SMILES string of the molecule is NCc1nc(N)nc2c1C(O)CCC2. The van der Waals surface area contributed by atoms with Crippen LogP contribution in [0.25, 0.3) is 0 Å². The lowest BCUT2D eigenvalue weighted by Crippen LogP contribution is -2.19. The molecule has 1 atom stereocenters. The minimum atomic E-state index is -0.474. The second-order valence-corrected chi connectivity index (χ2v) is 3.50. The number of anilines is 1. The molecule has 14 heavy (non-hydrogen) atoms. The van der Waals surface area contributed by atoms with Crippen molar-refractivity contribution in [3.05, 3.63) is 17.0 Å². The minimum absolute atomic E-state index is 0.248. The van der Waals surface area contributed by atoms with Gasteiger partial charge in [0.05, 0.1) is 17.5 Å². The molecule has 1 aliphatic carbocycles. The predicted octanol–water partition coefficient (Wildman–Crippen LogP) is -0.113. The Morgan fingerprint density at radius 2 is 2.21 bits per heavy atom. The third-order valence-electron chi connectivity index (χ3n) is 2.54. The highest BCUT2D eigenvalue weighted by molar-refractivity contribution is 5.35. The Balaban J connectivity index is 2.55. The summed E-state index contributed by atoms with van der Waals surface area (Å²) in [6, 6.07) is 0. The zero-order chi connectivity index (χ0) is 10.1. The van der Waals surface area contributed by atoms with Crippen molar-refractivity contribution in [1.82, 2.24) is 9.97 Å². The smallest absolute Gasteiger partial charge is 0.220 e. The summed E-state index contributed by atoms with van der Waals surface area (Å²) in [7, 11) is 0. The van der Waals surface area contributed by atoms with Gasteiger partial charge in [-0.15, -0.1) is 0 Å². The minimum Gasteiger partial charge on any atom is -0.388 e. The molecule has 0 bridgehead atoms. The van der Waals surface area contributed by atoms with Crippen molar-refractivity contribution in [2.45, 2.75) is 31.9 Å². The van der Waals surface area contributed by atoms with Crippen molar-refractivity contribution in [3.63, 3.8) is 0 Å². The van der Waals surface area contributed by atoms with Gasteiger partial charge in [0.15, 0.2) is 0 Å². The first kappa shape index (κ1) is 9.36. The summed E-state index contributed by atoms with van der Waals surface area (Å²) in [4.78, 5) is 8.16. The number of aryl methyl sites for hydroxylation is 1. The molecule has 5 N–H and O–H groups in total. The van der Waals surface area contributed by atoms with E-state index >= 15 is 0 Å². The maximum Gasteiger partial charge on any atom is 0.220 e. The van der Waals surface area contributed by atoms with E-state index in [1.807, 2.05) is 0 Å². The first-order valence-electron chi connectivity index (χ1n) is 4.75. The average Bonchev–Trinajstić information content (AvgIpc) is 2.16. The van der Waals surface area contributed by atoms with Crippen LogP contribution >= 0.6 is 0 Å². The van der Waals surface area contributed by atoms with Crippen molar-refractivity contribution < 1.29 is 5.11 Å². The number of aromatic nitrogens is 2. The zero-order valence-electron chi connectivity index (χ0n) is 7.90. The molecule has 0 saturated carbocycles. The topological polar surface area (TPSA) is 98.0 Å². The molecule has 1 unspecified atom stereocenters. The van der Waals surface area contributed by atoms with E-state index in [1.165, 1.54) is 0 Å². The number of aliphatic hydroxyl groups is 1. The second-order valence-electron chi connectivity index (χ2n) is 3.50. The highest BCUT2D eigenvalue weighted by Gasteiger charge is 2.23. The van der Waals surface area contributed by atoms with Crippen LogP contribution in [0.1, 0.15) is 35.9 Å². The number of fused-ring (bicyclic) bond motifs is 1. The van der Waals surface area contributed by atoms with Gasteiger partial charge in [-0.3, -0.25) is 0 Å². The van der Waals surface area contributed by atoms with Crippen LogP contribution in [0.2, 0.25) is 0 Å². The van der Waals surface area contributed by atoms with Gasteiger partial charge in [-0.25, -0.2) is 9.97 Å². The lowest BCUT2D eigenvalue weighted by atomic mass is 9.92. The summed E-state index contributed by atoms with van der Waals surface area (Å²) in [5, 5.41) is 9.79. The third kappa shape index (κ3) is 1.44. The number of hydrogen-bond donors (Lipinski definition) is 3. The fourth-order valence-corrected chi connectivity index (χ4v) is 1.93. The Morgan fingerprint density at radius 3 is 2.93 bits per heavy atom. The molecule has 0 aliphatic heterocycles. The summed E-state index contributed by atoms with van der Waals surface area (Å²) in [6.45, 7) is 0.298. The van der Waals surface area contributed by atoms with Crippen LogP contribution in [0, 0.1) is 0 Å². The number of nitrogen functional groups attached to an aromatic ring is 1. The molecule has 0 radical (unpaired) electrons. The Hall–Kier alpha value is -1.20. The van der Waals surface area contributed by atoms with Gasteiger partial charge >= 0.3 is 0 Å². The Morgan fingerprint density at radius 1 is 1.43 bits per heavy atom. The van der Waals surface area contributed by atoms with Gasteiger partial charge in [0.2, 0.25) is 5.95 Å². The van der Waals surface area contributed by atoms with E-state index in [4.69, 9.17) is 11.5 Å². The van der Waals surface area contributed by atoms with Crippen LogP contribution < -0.4 is 11.5 Å². The standard InChI is InChI=1S/C9H14N4O/c10-4-6-8-5(12-9(11)13-6)2-1-3-7(8)14/h7,14H,1-4,10H2,(H2,11,12,13). The molecule has 0 saturated heterocycles. The fourth-order valence-electron chi connectivity index (χ4n) is 1.93. The molecule has 0 spiro atoms. The largest absolute Gasteiger partial charge is 0.388 e. The van der Waals surface area contributed by atoms with Crippen LogP contribution in [0.3, 0.4) is 0 Å². The van der Waals surface area contributed by atoms with Gasteiger partial charge in [0.25, 0.3) is 0 Å². The van der Waals surface area contributed by atoms with E-state index in [0.717, 1.165) is 30.5 Å². The van der Waals surface area contributed by atoms with Crippen molar-refractivity contribution in [2.24, 2.45) is 5.73 Å². The average molecular weight is 194 g/mol. The van der Waals surface area contributed by atoms with Crippen LogP contribution in [-0.2, 0) is 13.0 Å². The first-order valence-corrected chi connectivity index (χ1v) is 4.75. The molecule has 0 fully saturated rings. The van der Waals surface area contributed by atoms with Crippen LogP contribution in [0.5, 0.6) is 0 Å². The first-order chi connectivity index (χ1) is 6.72. The number of nitrogens with two attached hydrogens (primary N) is 2. The summed E-state index contributed by atoms with van der Waals surface area (Å²) in [5.74, 6) is 0.248. The monoisotopic (exact) mass is 194 g/mol. The second kappa shape index (κ2) is 3.51. The molecule has 2 rings (SSSR count). The molecular formula is C9H14N4O. The molecule has 76 valence electrons. The number of aliphatic hydroxyl groups excluding tert-OH is 1. The lowest BCUT2D eigenvalue weighted by molar-refractivity contribution is 0.154. The van der Waals surface area contributed by atoms with E-state index in [1.54, 1.807) is 0 Å². The summed E-state index contributed by atoms with van der Waals surface area (Å²) in [6.07, 6.45) is 2.08. The van der Waals surface area contributed by atoms with Gasteiger partial charge in [-0.05, 0) is 19.3 Å². The van der Waals surface area contributed by atoms with Crippen molar-refractivity contribution >= 4 is 5.95 Å². The normalized spacial score (nSPS) is 20.6. The summed E-state index contributed by atoms with van der Waals surface area (Å²) < 4.78 is 0. The summed E-state index contributed by atoms with van der Waals surface area (Å²) in [5.41, 5.74) is 13.4. The van der Waals surface area contributed by atoms with Crippen LogP contribution in [-0.4, -0.2) is 15.1 Å². The van der Waals surface area contributed by atoms with Gasteiger partial charge in [-0.2, -0.15) is 0 Å². The molecule has 5 nitrogen and oxygen atoms in total. The lowest BCUT2D eigenvalue weighted by Gasteiger charge is -2.22. The summed E-state index contributed by atoms with van der Waals surface area (Å²) >= 11 is 0. The Bertz CT molecular complexity index is 336. The van der Waals surface area contributed by atoms with E-state index in [2.05, 4.69) is 9.97 Å². The van der Waals surface area contributed by atoms with Gasteiger partial charge in [0, 0.05) is 12.1 Å². The quantitative estimate of drug-likeness (QED) is 0.579. The molecule has 1 aromatic heterocycles. The highest BCUT2D eigenvalue weighted by atomic mass is 16.3. The van der Waals surface area contributed by atoms with Crippen molar-refractivity contribution in [3.8, 4) is 0 Å². The molecular weight excluding hydrogens is 180 g/mol. The van der Waals surface area contributed by atoms with Crippen molar-refractivity contribution in [1.29, 1.82) is 0 Å². The molecule has 0 amide bonds. The van der Waals surface area contributed by atoms with Crippen LogP contribution in [0.4, 0.5) is 5.95 Å². The fraction of sp³-hybridized carbons (Fsp3) is 0.556. The molecule has 1 aromatic rings. The maximum atomic E-state index is 9.79. The van der Waals surface area contributed by atoms with Gasteiger partial charge < -0.3 is 16.6 Å². The third-order valence-corrected chi connectivity index (χ3v) is 2.54. The van der Waals surface area contributed by atoms with E-state index in [0.29, 0.717) is 12.2 Å². The highest BCUT2D eigenvalue weighted by Crippen LogP contribution is 2.30. The van der Waals surface area contributed by atoms with Gasteiger partial charge in [-0.1, -0.05) is 0 Å².